The van der Waals surface area contributed by atoms with Gasteiger partial charge in [-0.15, -0.1) is 23.1 Å². The van der Waals surface area contributed by atoms with Gasteiger partial charge in [-0.1, -0.05) is 24.3 Å². The van der Waals surface area contributed by atoms with E-state index in [4.69, 9.17) is 0 Å². The van der Waals surface area contributed by atoms with Gasteiger partial charge in [0.25, 0.3) is 0 Å². The van der Waals surface area contributed by atoms with Gasteiger partial charge in [0.2, 0.25) is 5.91 Å². The Labute approximate surface area is 115 Å². The van der Waals surface area contributed by atoms with Crippen LogP contribution in [0.3, 0.4) is 0 Å². The first-order valence-electron chi connectivity index (χ1n) is 5.81. The number of thiophene rings is 1. The summed E-state index contributed by atoms with van der Waals surface area (Å²) in [5, 5.41) is 5.00. The summed E-state index contributed by atoms with van der Waals surface area (Å²) in [4.78, 5) is 14.1. The molecule has 2 nitrogen and oxygen atoms in total. The lowest BCUT2D eigenvalue weighted by atomic mass is 10.3. The maximum atomic E-state index is 11.6. The van der Waals surface area contributed by atoms with E-state index in [0.717, 1.165) is 11.3 Å². The molecule has 94 valence electrons. The average molecular weight is 277 g/mol. The van der Waals surface area contributed by atoms with E-state index in [2.05, 4.69) is 16.8 Å². The van der Waals surface area contributed by atoms with Gasteiger partial charge in [0.15, 0.2) is 0 Å². The monoisotopic (exact) mass is 277 g/mol. The summed E-state index contributed by atoms with van der Waals surface area (Å²) >= 11 is 3.30. The van der Waals surface area contributed by atoms with E-state index < -0.39 is 0 Å². The minimum absolute atomic E-state index is 0.0976. The molecular formula is C14H15NOS2. The zero-order chi connectivity index (χ0) is 12.6. The van der Waals surface area contributed by atoms with Gasteiger partial charge in [0.05, 0.1) is 5.75 Å². The molecule has 0 atom stereocenters. The number of hydrogen-bond donors (Lipinski definition) is 1. The highest BCUT2D eigenvalue weighted by atomic mass is 32.2. The van der Waals surface area contributed by atoms with Crippen LogP contribution >= 0.6 is 23.1 Å². The second-order valence-corrected chi connectivity index (χ2v) is 5.86. The Kier molecular flexibility index (Phi) is 5.30. The molecule has 0 saturated heterocycles. The number of carbonyl (C=O) groups excluding carboxylic acids is 1. The normalized spacial score (nSPS) is 10.2. The molecule has 1 amide bonds. The van der Waals surface area contributed by atoms with E-state index in [1.807, 2.05) is 36.4 Å². The molecule has 18 heavy (non-hydrogen) atoms. The van der Waals surface area contributed by atoms with Crippen LogP contribution in [0.1, 0.15) is 4.88 Å². The minimum atomic E-state index is 0.0976. The zero-order valence-electron chi connectivity index (χ0n) is 9.96. The van der Waals surface area contributed by atoms with Crippen molar-refractivity contribution in [2.24, 2.45) is 0 Å². The first-order valence-corrected chi connectivity index (χ1v) is 7.68. The van der Waals surface area contributed by atoms with Crippen molar-refractivity contribution < 1.29 is 4.79 Å². The van der Waals surface area contributed by atoms with Crippen LogP contribution < -0.4 is 5.32 Å². The molecule has 1 N–H and O–H groups in total. The lowest BCUT2D eigenvalue weighted by Crippen LogP contribution is -2.27. The van der Waals surface area contributed by atoms with Crippen LogP contribution in [0.2, 0.25) is 0 Å². The Hall–Kier alpha value is -1.26. The van der Waals surface area contributed by atoms with Crippen LogP contribution in [0.25, 0.3) is 0 Å². The van der Waals surface area contributed by atoms with Gasteiger partial charge in [-0.2, -0.15) is 0 Å². The van der Waals surface area contributed by atoms with E-state index in [-0.39, 0.29) is 5.91 Å². The number of amides is 1. The molecule has 0 fully saturated rings. The third-order valence-corrected chi connectivity index (χ3v) is 4.34. The van der Waals surface area contributed by atoms with Gasteiger partial charge < -0.3 is 5.32 Å². The molecule has 2 rings (SSSR count). The summed E-state index contributed by atoms with van der Waals surface area (Å²) in [6.45, 7) is 0.717. The summed E-state index contributed by atoms with van der Waals surface area (Å²) < 4.78 is 0. The van der Waals surface area contributed by atoms with Gasteiger partial charge in [0, 0.05) is 16.3 Å². The van der Waals surface area contributed by atoms with Crippen molar-refractivity contribution >= 4 is 29.0 Å². The van der Waals surface area contributed by atoms with Crippen molar-refractivity contribution in [3.63, 3.8) is 0 Å². The van der Waals surface area contributed by atoms with Crippen LogP contribution in [0.5, 0.6) is 0 Å². The van der Waals surface area contributed by atoms with Crippen LogP contribution in [-0.2, 0) is 11.2 Å². The molecule has 1 aromatic heterocycles. The molecule has 0 saturated carbocycles. The molecule has 0 unspecified atom stereocenters. The van der Waals surface area contributed by atoms with E-state index >= 15 is 0 Å². The van der Waals surface area contributed by atoms with E-state index in [0.29, 0.717) is 12.3 Å². The van der Waals surface area contributed by atoms with Crippen molar-refractivity contribution in [3.05, 3.63) is 52.7 Å². The maximum Gasteiger partial charge on any atom is 0.230 e. The lowest BCUT2D eigenvalue weighted by molar-refractivity contribution is -0.118. The van der Waals surface area contributed by atoms with Crippen LogP contribution in [0.15, 0.2) is 52.7 Å². The Bertz CT molecular complexity index is 468. The predicted octanol–water partition coefficient (Wildman–Crippen LogP) is 3.20. The molecule has 1 heterocycles. The van der Waals surface area contributed by atoms with E-state index in [1.165, 1.54) is 4.88 Å². The molecule has 2 aromatic rings. The van der Waals surface area contributed by atoms with Gasteiger partial charge in [-0.3, -0.25) is 4.79 Å². The number of carbonyl (C=O) groups is 1. The summed E-state index contributed by atoms with van der Waals surface area (Å²) in [5.41, 5.74) is 0. The Balaban J connectivity index is 1.63. The minimum Gasteiger partial charge on any atom is -0.355 e. The molecule has 0 aliphatic rings. The topological polar surface area (TPSA) is 29.1 Å². The van der Waals surface area contributed by atoms with Gasteiger partial charge in [-0.25, -0.2) is 0 Å². The standard InChI is InChI=1S/C14H15NOS2/c16-14(11-18-12-5-2-1-3-6-12)15-9-8-13-7-4-10-17-13/h1-7,10H,8-9,11H2,(H,15,16). The van der Waals surface area contributed by atoms with Crippen molar-refractivity contribution in [1.82, 2.24) is 5.32 Å². The SMILES string of the molecule is O=C(CSc1ccccc1)NCCc1cccs1. The fraction of sp³-hybridized carbons (Fsp3) is 0.214. The number of rotatable bonds is 6. The maximum absolute atomic E-state index is 11.6. The number of hydrogen-bond acceptors (Lipinski definition) is 3. The quantitative estimate of drug-likeness (QED) is 0.822. The fourth-order valence-corrected chi connectivity index (χ4v) is 2.95. The summed E-state index contributed by atoms with van der Waals surface area (Å²) in [6.07, 6.45) is 0.916. The van der Waals surface area contributed by atoms with E-state index in [9.17, 15) is 4.79 Å². The third kappa shape index (κ3) is 4.55. The fourth-order valence-electron chi connectivity index (χ4n) is 1.50. The first kappa shape index (κ1) is 13.2. The van der Waals surface area contributed by atoms with Crippen molar-refractivity contribution in [1.29, 1.82) is 0 Å². The highest BCUT2D eigenvalue weighted by molar-refractivity contribution is 8.00. The molecule has 0 spiro atoms. The summed E-state index contributed by atoms with van der Waals surface area (Å²) in [7, 11) is 0. The van der Waals surface area contributed by atoms with Gasteiger partial charge >= 0.3 is 0 Å². The van der Waals surface area contributed by atoms with Crippen LogP contribution in [0, 0.1) is 0 Å². The number of benzene rings is 1. The average Bonchev–Trinajstić information content (AvgIpc) is 2.91. The summed E-state index contributed by atoms with van der Waals surface area (Å²) in [5.74, 6) is 0.578. The predicted molar refractivity (Wildman–Crippen MR) is 78.2 cm³/mol. The summed E-state index contributed by atoms with van der Waals surface area (Å²) in [6, 6.07) is 14.1. The molecular weight excluding hydrogens is 262 g/mol. The second kappa shape index (κ2) is 7.24. The second-order valence-electron chi connectivity index (χ2n) is 3.78. The highest BCUT2D eigenvalue weighted by Gasteiger charge is 2.02. The highest BCUT2D eigenvalue weighted by Crippen LogP contribution is 2.16. The van der Waals surface area contributed by atoms with Crippen LogP contribution in [0.4, 0.5) is 0 Å². The smallest absolute Gasteiger partial charge is 0.230 e. The first-order chi connectivity index (χ1) is 8.84. The van der Waals surface area contributed by atoms with Crippen LogP contribution in [-0.4, -0.2) is 18.2 Å². The van der Waals surface area contributed by atoms with E-state index in [1.54, 1.807) is 23.1 Å². The van der Waals surface area contributed by atoms with Crippen molar-refractivity contribution in [2.45, 2.75) is 11.3 Å². The molecule has 0 aliphatic carbocycles. The Morgan fingerprint density at radius 1 is 1.17 bits per heavy atom. The van der Waals surface area contributed by atoms with Crippen molar-refractivity contribution in [2.75, 3.05) is 12.3 Å². The zero-order valence-corrected chi connectivity index (χ0v) is 11.6. The molecule has 1 aromatic carbocycles. The van der Waals surface area contributed by atoms with Gasteiger partial charge in [-0.05, 0) is 30.0 Å². The number of thioether (sulfide) groups is 1. The largest absolute Gasteiger partial charge is 0.355 e. The van der Waals surface area contributed by atoms with Crippen molar-refractivity contribution in [3.8, 4) is 0 Å². The number of nitrogens with one attached hydrogen (secondary N) is 1. The van der Waals surface area contributed by atoms with Gasteiger partial charge in [0.1, 0.15) is 0 Å². The molecule has 0 aliphatic heterocycles. The molecule has 4 heteroatoms. The lowest BCUT2D eigenvalue weighted by Gasteiger charge is -2.04. The third-order valence-electron chi connectivity index (χ3n) is 2.39. The Morgan fingerprint density at radius 2 is 2.00 bits per heavy atom. The Morgan fingerprint density at radius 3 is 2.72 bits per heavy atom. The molecule has 0 bridgehead atoms. The molecule has 0 radical (unpaired) electrons.